The van der Waals surface area contributed by atoms with Crippen molar-refractivity contribution < 1.29 is 9.84 Å². The topological polar surface area (TPSA) is 47.3 Å². The van der Waals surface area contributed by atoms with Crippen LogP contribution >= 0.6 is 11.8 Å². The number of benzene rings is 1. The van der Waals surface area contributed by atoms with Crippen molar-refractivity contribution in [3.8, 4) is 17.6 Å². The minimum absolute atomic E-state index is 0.0991. The molecule has 1 N–H and O–H groups in total. The first-order valence-electron chi connectivity index (χ1n) is 6.72. The highest BCUT2D eigenvalue weighted by Gasteiger charge is 2.00. The van der Waals surface area contributed by atoms with Gasteiger partial charge in [0.25, 0.3) is 0 Å². The van der Waals surface area contributed by atoms with Gasteiger partial charge < -0.3 is 14.4 Å². The largest absolute Gasteiger partial charge is 0.493 e. The van der Waals surface area contributed by atoms with Gasteiger partial charge in [0.15, 0.2) is 5.16 Å². The molecule has 0 aliphatic carbocycles. The van der Waals surface area contributed by atoms with E-state index in [1.54, 1.807) is 18.0 Å². The fourth-order valence-corrected chi connectivity index (χ4v) is 2.39. The lowest BCUT2D eigenvalue weighted by Crippen LogP contribution is -2.01. The predicted octanol–water partition coefficient (Wildman–Crippen LogP) is 2.33. The number of ether oxygens (including phenoxy) is 1. The zero-order chi connectivity index (χ0) is 14.9. The third-order valence-electron chi connectivity index (χ3n) is 2.68. The van der Waals surface area contributed by atoms with Crippen LogP contribution in [0.4, 0.5) is 0 Å². The van der Waals surface area contributed by atoms with Gasteiger partial charge in [-0.3, -0.25) is 0 Å². The van der Waals surface area contributed by atoms with Crippen LogP contribution < -0.4 is 4.74 Å². The molecule has 2 aromatic rings. The summed E-state index contributed by atoms with van der Waals surface area (Å²) in [4.78, 5) is 4.24. The van der Waals surface area contributed by atoms with Crippen molar-refractivity contribution in [1.82, 2.24) is 9.55 Å². The Hall–Kier alpha value is -1.90. The summed E-state index contributed by atoms with van der Waals surface area (Å²) in [7, 11) is 1.98. The van der Waals surface area contributed by atoms with Crippen LogP contribution in [0.2, 0.25) is 0 Å². The Morgan fingerprint density at radius 2 is 2.14 bits per heavy atom. The molecule has 1 heterocycles. The van der Waals surface area contributed by atoms with Gasteiger partial charge in [-0.25, -0.2) is 4.98 Å². The number of thioether (sulfide) groups is 1. The Balaban J connectivity index is 1.74. The summed E-state index contributed by atoms with van der Waals surface area (Å²) >= 11 is 1.67. The number of aliphatic hydroxyl groups is 1. The average molecular weight is 302 g/mol. The molecule has 0 fully saturated rings. The maximum atomic E-state index is 8.66. The summed E-state index contributed by atoms with van der Waals surface area (Å²) in [6.45, 7) is 0.731. The molecule has 0 radical (unpaired) electrons. The molecule has 110 valence electrons. The van der Waals surface area contributed by atoms with Crippen molar-refractivity contribution in [1.29, 1.82) is 0 Å². The molecule has 0 saturated carbocycles. The number of aliphatic hydroxyl groups excluding tert-OH is 1. The fraction of sp³-hybridized carbons (Fsp3) is 0.312. The molecule has 1 aromatic carbocycles. The van der Waals surface area contributed by atoms with Crippen molar-refractivity contribution in [2.45, 2.75) is 11.6 Å². The number of hydrogen-bond acceptors (Lipinski definition) is 4. The fourth-order valence-electron chi connectivity index (χ4n) is 1.64. The Morgan fingerprint density at radius 1 is 1.33 bits per heavy atom. The highest BCUT2D eigenvalue weighted by Crippen LogP contribution is 2.16. The molecule has 0 aliphatic rings. The molecule has 0 spiro atoms. The normalized spacial score (nSPS) is 10.0. The van der Waals surface area contributed by atoms with Crippen molar-refractivity contribution >= 4 is 11.8 Å². The van der Waals surface area contributed by atoms with Gasteiger partial charge >= 0.3 is 0 Å². The van der Waals surface area contributed by atoms with Crippen molar-refractivity contribution in [2.75, 3.05) is 19.0 Å². The Kier molecular flexibility index (Phi) is 6.20. The quantitative estimate of drug-likeness (QED) is 0.505. The van der Waals surface area contributed by atoms with Crippen molar-refractivity contribution in [3.05, 3.63) is 42.2 Å². The molecule has 21 heavy (non-hydrogen) atoms. The van der Waals surface area contributed by atoms with Gasteiger partial charge in [-0.1, -0.05) is 23.6 Å². The molecule has 2 rings (SSSR count). The zero-order valence-corrected chi connectivity index (χ0v) is 12.8. The van der Waals surface area contributed by atoms with Crippen LogP contribution in [-0.4, -0.2) is 33.6 Å². The summed E-state index contributed by atoms with van der Waals surface area (Å²) in [6, 6.07) is 7.67. The van der Waals surface area contributed by atoms with Gasteiger partial charge in [-0.05, 0) is 24.3 Å². The third-order valence-corrected chi connectivity index (χ3v) is 3.71. The molecule has 0 saturated heterocycles. The second kappa shape index (κ2) is 8.40. The molecule has 0 amide bonds. The minimum Gasteiger partial charge on any atom is -0.493 e. The van der Waals surface area contributed by atoms with E-state index >= 15 is 0 Å². The second-order valence-electron chi connectivity index (χ2n) is 4.32. The van der Waals surface area contributed by atoms with Gasteiger partial charge in [0, 0.05) is 37.2 Å². The number of aryl methyl sites for hydroxylation is 1. The van der Waals surface area contributed by atoms with Crippen LogP contribution in [-0.2, 0) is 7.05 Å². The molecule has 4 nitrogen and oxygen atoms in total. The van der Waals surface area contributed by atoms with Gasteiger partial charge in [0.05, 0.1) is 13.2 Å². The van der Waals surface area contributed by atoms with Crippen LogP contribution in [0, 0.1) is 11.8 Å². The van der Waals surface area contributed by atoms with E-state index in [9.17, 15) is 0 Å². The average Bonchev–Trinajstić information content (AvgIpc) is 2.91. The van der Waals surface area contributed by atoms with Gasteiger partial charge in [0.2, 0.25) is 0 Å². The van der Waals surface area contributed by atoms with Gasteiger partial charge in [-0.15, -0.1) is 0 Å². The van der Waals surface area contributed by atoms with E-state index in [2.05, 4.69) is 16.8 Å². The molecule has 0 bridgehead atoms. The standard InChI is InChI=1S/C16H18N2O2S/c1-18-10-9-17-16(18)21-13-12-20-15-7-5-14(6-8-15)4-2-3-11-19/h5-10,19H,3,11-13H2,1H3. The summed E-state index contributed by atoms with van der Waals surface area (Å²) in [5.41, 5.74) is 0.929. The van der Waals surface area contributed by atoms with Crippen LogP contribution in [0.1, 0.15) is 12.0 Å². The highest BCUT2D eigenvalue weighted by molar-refractivity contribution is 7.99. The number of hydrogen-bond donors (Lipinski definition) is 1. The number of rotatable bonds is 6. The smallest absolute Gasteiger partial charge is 0.167 e. The van der Waals surface area contributed by atoms with E-state index < -0.39 is 0 Å². The van der Waals surface area contributed by atoms with E-state index in [0.717, 1.165) is 22.2 Å². The molecule has 0 atom stereocenters. The molecule has 0 unspecified atom stereocenters. The summed E-state index contributed by atoms with van der Waals surface area (Å²) in [5, 5.41) is 9.66. The maximum Gasteiger partial charge on any atom is 0.167 e. The molecule has 0 aliphatic heterocycles. The maximum absolute atomic E-state index is 8.66. The van der Waals surface area contributed by atoms with E-state index in [1.165, 1.54) is 0 Å². The lowest BCUT2D eigenvalue weighted by molar-refractivity contribution is 0.305. The highest BCUT2D eigenvalue weighted by atomic mass is 32.2. The first-order valence-corrected chi connectivity index (χ1v) is 7.71. The monoisotopic (exact) mass is 302 g/mol. The van der Waals surface area contributed by atoms with Crippen LogP contribution in [0.15, 0.2) is 41.8 Å². The molecule has 1 aromatic heterocycles. The van der Waals surface area contributed by atoms with E-state index in [0.29, 0.717) is 13.0 Å². The lowest BCUT2D eigenvalue weighted by Gasteiger charge is -2.06. The first kappa shape index (κ1) is 15.5. The molecular weight excluding hydrogens is 284 g/mol. The van der Waals surface area contributed by atoms with Gasteiger partial charge in [0.1, 0.15) is 5.75 Å². The van der Waals surface area contributed by atoms with Crippen LogP contribution in [0.3, 0.4) is 0 Å². The van der Waals surface area contributed by atoms with Crippen LogP contribution in [0.5, 0.6) is 5.75 Å². The summed E-state index contributed by atoms with van der Waals surface area (Å²) < 4.78 is 7.67. The van der Waals surface area contributed by atoms with E-state index in [-0.39, 0.29) is 6.61 Å². The number of imidazole rings is 1. The van der Waals surface area contributed by atoms with E-state index in [1.807, 2.05) is 42.1 Å². The second-order valence-corrected chi connectivity index (χ2v) is 5.38. The zero-order valence-electron chi connectivity index (χ0n) is 12.0. The van der Waals surface area contributed by atoms with Crippen LogP contribution in [0.25, 0.3) is 0 Å². The van der Waals surface area contributed by atoms with Gasteiger partial charge in [-0.2, -0.15) is 0 Å². The minimum atomic E-state index is 0.0991. The molecular formula is C16H18N2O2S. The predicted molar refractivity (Wildman–Crippen MR) is 84.4 cm³/mol. The Morgan fingerprint density at radius 3 is 2.81 bits per heavy atom. The SMILES string of the molecule is Cn1ccnc1SCCOc1ccc(C#CCCO)cc1. The first-order chi connectivity index (χ1) is 10.3. The third kappa shape index (κ3) is 5.18. The van der Waals surface area contributed by atoms with E-state index in [4.69, 9.17) is 9.84 Å². The lowest BCUT2D eigenvalue weighted by atomic mass is 10.2. The number of nitrogens with zero attached hydrogens (tertiary/aromatic N) is 2. The Labute approximate surface area is 129 Å². The Bertz CT molecular complexity index is 611. The molecule has 5 heteroatoms. The summed E-state index contributed by atoms with van der Waals surface area (Å²) in [6.07, 6.45) is 4.22. The van der Waals surface area contributed by atoms with Crippen molar-refractivity contribution in [3.63, 3.8) is 0 Å². The number of aromatic nitrogens is 2. The van der Waals surface area contributed by atoms with Crippen molar-refractivity contribution in [2.24, 2.45) is 7.05 Å². The summed E-state index contributed by atoms with van der Waals surface area (Å²) in [5.74, 6) is 7.56.